The first-order valence-corrected chi connectivity index (χ1v) is 5.13. The number of nitrogens with one attached hydrogen (secondary N) is 1. The lowest BCUT2D eigenvalue weighted by Crippen LogP contribution is -2.11. The van der Waals surface area contributed by atoms with Crippen LogP contribution in [-0.4, -0.2) is 11.0 Å². The number of para-hydroxylation sites is 2. The molecule has 0 aliphatic rings. The highest BCUT2D eigenvalue weighted by Crippen LogP contribution is 2.21. The van der Waals surface area contributed by atoms with E-state index in [4.69, 9.17) is 0 Å². The number of aromatic hydroxyl groups is 1. The first kappa shape index (κ1) is 11.6. The van der Waals surface area contributed by atoms with Crippen LogP contribution < -0.4 is 5.32 Å². The second-order valence-electron chi connectivity index (χ2n) is 3.35. The Morgan fingerprint density at radius 1 is 1.47 bits per heavy atom. The summed E-state index contributed by atoms with van der Waals surface area (Å²) in [4.78, 5) is 11.4. The van der Waals surface area contributed by atoms with Crippen LogP contribution >= 0.6 is 0 Å². The number of benzene rings is 1. The summed E-state index contributed by atoms with van der Waals surface area (Å²) in [5, 5.41) is 12.1. The molecular weight excluding hydrogens is 190 g/mol. The number of amides is 1. The van der Waals surface area contributed by atoms with Crippen LogP contribution in [0.4, 0.5) is 5.69 Å². The fourth-order valence-corrected chi connectivity index (χ4v) is 1.22. The maximum Gasteiger partial charge on any atom is 0.224 e. The highest BCUT2D eigenvalue weighted by atomic mass is 16.3. The van der Waals surface area contributed by atoms with Gasteiger partial charge in [-0.3, -0.25) is 4.79 Å². The number of unbranched alkanes of at least 4 members (excludes halogenated alkanes) is 2. The van der Waals surface area contributed by atoms with Gasteiger partial charge in [-0.1, -0.05) is 25.5 Å². The summed E-state index contributed by atoms with van der Waals surface area (Å²) in [6, 6.07) is 6.71. The van der Waals surface area contributed by atoms with Crippen LogP contribution in [0.15, 0.2) is 24.3 Å². The van der Waals surface area contributed by atoms with Gasteiger partial charge in [0, 0.05) is 6.42 Å². The SMILES string of the molecule is CCC[CH]CC(=O)Nc1ccccc1O. The van der Waals surface area contributed by atoms with E-state index in [1.165, 1.54) is 0 Å². The first-order chi connectivity index (χ1) is 7.24. The Labute approximate surface area is 90.1 Å². The molecule has 0 unspecified atom stereocenters. The van der Waals surface area contributed by atoms with Gasteiger partial charge in [0.15, 0.2) is 0 Å². The Balaban J connectivity index is 2.41. The second kappa shape index (κ2) is 6.06. The fourth-order valence-electron chi connectivity index (χ4n) is 1.22. The predicted octanol–water partition coefficient (Wildman–Crippen LogP) is 2.73. The summed E-state index contributed by atoms with van der Waals surface area (Å²) >= 11 is 0. The third-order valence-corrected chi connectivity index (χ3v) is 2.00. The minimum absolute atomic E-state index is 0.0926. The van der Waals surface area contributed by atoms with Gasteiger partial charge in [-0.15, -0.1) is 0 Å². The van der Waals surface area contributed by atoms with Gasteiger partial charge in [-0.05, 0) is 25.0 Å². The van der Waals surface area contributed by atoms with Crippen molar-refractivity contribution >= 4 is 11.6 Å². The van der Waals surface area contributed by atoms with Gasteiger partial charge in [-0.25, -0.2) is 0 Å². The average molecular weight is 206 g/mol. The number of anilines is 1. The van der Waals surface area contributed by atoms with Crippen molar-refractivity contribution in [3.63, 3.8) is 0 Å². The van der Waals surface area contributed by atoms with Crippen molar-refractivity contribution in [1.29, 1.82) is 0 Å². The van der Waals surface area contributed by atoms with E-state index in [9.17, 15) is 9.90 Å². The molecule has 0 bridgehead atoms. The molecule has 3 heteroatoms. The molecule has 0 heterocycles. The van der Waals surface area contributed by atoms with E-state index in [1.807, 2.05) is 6.42 Å². The van der Waals surface area contributed by atoms with Gasteiger partial charge >= 0.3 is 0 Å². The Morgan fingerprint density at radius 3 is 2.87 bits per heavy atom. The zero-order valence-corrected chi connectivity index (χ0v) is 8.86. The van der Waals surface area contributed by atoms with Gasteiger partial charge in [0.2, 0.25) is 5.91 Å². The maximum absolute atomic E-state index is 11.4. The van der Waals surface area contributed by atoms with E-state index >= 15 is 0 Å². The van der Waals surface area contributed by atoms with E-state index in [0.29, 0.717) is 12.1 Å². The molecule has 1 aromatic rings. The van der Waals surface area contributed by atoms with Gasteiger partial charge in [-0.2, -0.15) is 0 Å². The number of hydrogen-bond acceptors (Lipinski definition) is 2. The largest absolute Gasteiger partial charge is 0.506 e. The summed E-state index contributed by atoms with van der Waals surface area (Å²) in [6.45, 7) is 2.07. The van der Waals surface area contributed by atoms with Crippen molar-refractivity contribution in [1.82, 2.24) is 0 Å². The molecule has 15 heavy (non-hydrogen) atoms. The zero-order valence-electron chi connectivity index (χ0n) is 8.86. The molecule has 81 valence electrons. The van der Waals surface area contributed by atoms with Crippen LogP contribution in [-0.2, 0) is 4.79 Å². The topological polar surface area (TPSA) is 49.3 Å². The van der Waals surface area contributed by atoms with Crippen LogP contribution in [0.25, 0.3) is 0 Å². The molecule has 2 N–H and O–H groups in total. The standard InChI is InChI=1S/C12H16NO2/c1-2-3-4-9-12(15)13-10-7-5-6-8-11(10)14/h4-8,14H,2-3,9H2,1H3,(H,13,15). The molecule has 0 spiro atoms. The molecule has 0 aliphatic heterocycles. The molecule has 0 saturated heterocycles. The number of hydrogen-bond donors (Lipinski definition) is 2. The van der Waals surface area contributed by atoms with E-state index in [-0.39, 0.29) is 11.7 Å². The molecule has 1 radical (unpaired) electrons. The number of carbonyl (C=O) groups is 1. The smallest absolute Gasteiger partial charge is 0.224 e. The minimum atomic E-state index is -0.0926. The van der Waals surface area contributed by atoms with Gasteiger partial charge < -0.3 is 10.4 Å². The normalized spacial score (nSPS) is 9.93. The molecule has 0 atom stereocenters. The summed E-state index contributed by atoms with van der Waals surface area (Å²) in [5.74, 6) is 0.00583. The van der Waals surface area contributed by atoms with Crippen LogP contribution in [0.3, 0.4) is 0 Å². The number of phenols is 1. The summed E-state index contributed by atoms with van der Waals surface area (Å²) in [5.41, 5.74) is 0.465. The van der Waals surface area contributed by atoms with Crippen molar-refractivity contribution in [2.24, 2.45) is 0 Å². The number of rotatable bonds is 5. The predicted molar refractivity (Wildman–Crippen MR) is 60.6 cm³/mol. The van der Waals surface area contributed by atoms with Gasteiger partial charge in [0.05, 0.1) is 5.69 Å². The lowest BCUT2D eigenvalue weighted by Gasteiger charge is -2.06. The molecule has 1 aromatic carbocycles. The molecule has 1 amide bonds. The Bertz CT molecular complexity index is 323. The zero-order chi connectivity index (χ0) is 11.1. The third-order valence-electron chi connectivity index (χ3n) is 2.00. The van der Waals surface area contributed by atoms with E-state index in [2.05, 4.69) is 12.2 Å². The summed E-state index contributed by atoms with van der Waals surface area (Å²) < 4.78 is 0. The second-order valence-corrected chi connectivity index (χ2v) is 3.35. The Hall–Kier alpha value is -1.51. The molecule has 1 rings (SSSR count). The molecule has 0 fully saturated rings. The molecule has 0 saturated carbocycles. The Kier molecular flexibility index (Phi) is 4.68. The van der Waals surface area contributed by atoms with Gasteiger partial charge in [0.1, 0.15) is 5.75 Å². The molecule has 0 aliphatic carbocycles. The maximum atomic E-state index is 11.4. The van der Waals surface area contributed by atoms with Crippen LogP contribution in [0.2, 0.25) is 0 Å². The van der Waals surface area contributed by atoms with Crippen LogP contribution in [0.1, 0.15) is 26.2 Å². The molecule has 0 aromatic heterocycles. The van der Waals surface area contributed by atoms with Crippen LogP contribution in [0, 0.1) is 6.42 Å². The quantitative estimate of drug-likeness (QED) is 0.575. The first-order valence-electron chi connectivity index (χ1n) is 5.13. The summed E-state index contributed by atoms with van der Waals surface area (Å²) in [7, 11) is 0. The fraction of sp³-hybridized carbons (Fsp3) is 0.333. The third kappa shape index (κ3) is 4.02. The minimum Gasteiger partial charge on any atom is -0.506 e. The average Bonchev–Trinajstić information content (AvgIpc) is 2.22. The van der Waals surface area contributed by atoms with E-state index < -0.39 is 0 Å². The monoisotopic (exact) mass is 206 g/mol. The van der Waals surface area contributed by atoms with Crippen molar-refractivity contribution in [3.8, 4) is 5.75 Å². The molecular formula is C12H16NO2. The van der Waals surface area contributed by atoms with E-state index in [0.717, 1.165) is 12.8 Å². The lowest BCUT2D eigenvalue weighted by atomic mass is 10.2. The van der Waals surface area contributed by atoms with Crippen molar-refractivity contribution in [2.45, 2.75) is 26.2 Å². The number of phenolic OH excluding ortho intramolecular Hbond substituents is 1. The van der Waals surface area contributed by atoms with E-state index in [1.54, 1.807) is 24.3 Å². The van der Waals surface area contributed by atoms with Crippen molar-refractivity contribution < 1.29 is 9.90 Å². The van der Waals surface area contributed by atoms with Crippen LogP contribution in [0.5, 0.6) is 5.75 Å². The van der Waals surface area contributed by atoms with Gasteiger partial charge in [0.25, 0.3) is 0 Å². The Morgan fingerprint density at radius 2 is 2.20 bits per heavy atom. The molecule has 3 nitrogen and oxygen atoms in total. The highest BCUT2D eigenvalue weighted by molar-refractivity contribution is 5.92. The van der Waals surface area contributed by atoms with Crippen molar-refractivity contribution in [3.05, 3.63) is 30.7 Å². The number of carbonyl (C=O) groups excluding carboxylic acids is 1. The van der Waals surface area contributed by atoms with Crippen molar-refractivity contribution in [2.75, 3.05) is 5.32 Å². The lowest BCUT2D eigenvalue weighted by molar-refractivity contribution is -0.115. The summed E-state index contributed by atoms with van der Waals surface area (Å²) in [6.07, 6.45) is 4.32. The highest BCUT2D eigenvalue weighted by Gasteiger charge is 2.04.